The number of nitrogens with one attached hydrogen (secondary N) is 1. The molecule has 0 saturated carbocycles. The summed E-state index contributed by atoms with van der Waals surface area (Å²) in [5.74, 6) is 2.84. The Hall–Kier alpha value is -1.20. The van der Waals surface area contributed by atoms with E-state index in [2.05, 4.69) is 54.5 Å². The van der Waals surface area contributed by atoms with Gasteiger partial charge in [0.25, 0.3) is 0 Å². The first-order valence-corrected chi connectivity index (χ1v) is 10.0. The first-order chi connectivity index (χ1) is 11.8. The lowest BCUT2D eigenvalue weighted by molar-refractivity contribution is 0.0625. The average Bonchev–Trinajstić information content (AvgIpc) is 2.64. The molecule has 4 nitrogen and oxygen atoms in total. The van der Waals surface area contributed by atoms with E-state index in [1.54, 1.807) is 0 Å². The molecule has 0 amide bonds. The smallest absolute Gasteiger partial charge is 0.193 e. The molecule has 0 bridgehead atoms. The molecule has 1 aliphatic heterocycles. The van der Waals surface area contributed by atoms with Crippen LogP contribution < -0.4 is 5.32 Å². The van der Waals surface area contributed by atoms with Crippen molar-refractivity contribution in [3.05, 3.63) is 30.3 Å². The molecular weight excluding hydrogens is 318 g/mol. The van der Waals surface area contributed by atoms with Gasteiger partial charge in [0.2, 0.25) is 0 Å². The zero-order valence-electron chi connectivity index (χ0n) is 15.0. The molecule has 0 spiro atoms. The van der Waals surface area contributed by atoms with Crippen LogP contribution in [0.3, 0.4) is 0 Å². The number of guanidine groups is 1. The molecule has 2 rings (SSSR count). The summed E-state index contributed by atoms with van der Waals surface area (Å²) in [5, 5.41) is 3.41. The van der Waals surface area contributed by atoms with E-state index in [0.29, 0.717) is 0 Å². The molecule has 0 radical (unpaired) electrons. The monoisotopic (exact) mass is 349 g/mol. The number of rotatable bonds is 8. The molecule has 134 valence electrons. The van der Waals surface area contributed by atoms with Gasteiger partial charge in [-0.05, 0) is 44.2 Å². The van der Waals surface area contributed by atoms with Gasteiger partial charge in [-0.2, -0.15) is 0 Å². The van der Waals surface area contributed by atoms with Crippen molar-refractivity contribution >= 4 is 17.7 Å². The SMILES string of the molecule is CCNC(=NCCSc1ccccc1)N(C)CCC1CCOCC1. The van der Waals surface area contributed by atoms with Crippen LogP contribution in [0, 0.1) is 5.92 Å². The van der Waals surface area contributed by atoms with Crippen LogP contribution in [0.2, 0.25) is 0 Å². The van der Waals surface area contributed by atoms with Crippen LogP contribution in [0.5, 0.6) is 0 Å². The van der Waals surface area contributed by atoms with Crippen molar-refractivity contribution in [2.75, 3.05) is 45.6 Å². The lowest BCUT2D eigenvalue weighted by Gasteiger charge is -2.26. The molecule has 1 N–H and O–H groups in total. The lowest BCUT2D eigenvalue weighted by Crippen LogP contribution is -2.40. The van der Waals surface area contributed by atoms with Crippen LogP contribution in [-0.4, -0.2) is 56.5 Å². The average molecular weight is 350 g/mol. The zero-order chi connectivity index (χ0) is 17.0. The Morgan fingerprint density at radius 3 is 2.75 bits per heavy atom. The molecule has 1 aromatic rings. The molecule has 5 heteroatoms. The molecule has 1 fully saturated rings. The summed E-state index contributed by atoms with van der Waals surface area (Å²) in [7, 11) is 2.14. The summed E-state index contributed by atoms with van der Waals surface area (Å²) in [6, 6.07) is 10.5. The van der Waals surface area contributed by atoms with Crippen molar-refractivity contribution in [3.8, 4) is 0 Å². The molecule has 0 aromatic heterocycles. The molecule has 0 unspecified atom stereocenters. The molecule has 0 atom stereocenters. The summed E-state index contributed by atoms with van der Waals surface area (Å²) in [5.41, 5.74) is 0. The van der Waals surface area contributed by atoms with E-state index in [1.807, 2.05) is 11.8 Å². The summed E-state index contributed by atoms with van der Waals surface area (Å²) >= 11 is 1.86. The normalized spacial score (nSPS) is 16.2. The number of hydrogen-bond donors (Lipinski definition) is 1. The van der Waals surface area contributed by atoms with Gasteiger partial charge in [-0.15, -0.1) is 11.8 Å². The lowest BCUT2D eigenvalue weighted by atomic mass is 9.96. The second-order valence-electron chi connectivity index (χ2n) is 6.16. The fourth-order valence-corrected chi connectivity index (χ4v) is 3.59. The van der Waals surface area contributed by atoms with Crippen LogP contribution in [0.15, 0.2) is 40.2 Å². The highest BCUT2D eigenvalue weighted by Gasteiger charge is 2.15. The van der Waals surface area contributed by atoms with E-state index in [0.717, 1.165) is 50.5 Å². The number of thioether (sulfide) groups is 1. The summed E-state index contributed by atoms with van der Waals surface area (Å²) in [6.07, 6.45) is 3.63. The van der Waals surface area contributed by atoms with Crippen molar-refractivity contribution in [1.29, 1.82) is 0 Å². The van der Waals surface area contributed by atoms with Crippen molar-refractivity contribution in [2.45, 2.75) is 31.1 Å². The van der Waals surface area contributed by atoms with Crippen LogP contribution in [0.4, 0.5) is 0 Å². The van der Waals surface area contributed by atoms with Crippen LogP contribution in [0.1, 0.15) is 26.2 Å². The minimum absolute atomic E-state index is 0.803. The predicted molar refractivity (Wildman–Crippen MR) is 104 cm³/mol. The minimum atomic E-state index is 0.803. The zero-order valence-corrected chi connectivity index (χ0v) is 15.9. The number of ether oxygens (including phenoxy) is 1. The standard InChI is InChI=1S/C19H31N3OS/c1-3-20-19(21-12-16-24-18-7-5-4-6-8-18)22(2)13-9-17-10-14-23-15-11-17/h4-8,17H,3,9-16H2,1-2H3,(H,20,21). The van der Waals surface area contributed by atoms with Crippen molar-refractivity contribution in [2.24, 2.45) is 10.9 Å². The topological polar surface area (TPSA) is 36.9 Å². The Morgan fingerprint density at radius 1 is 1.29 bits per heavy atom. The van der Waals surface area contributed by atoms with Crippen LogP contribution >= 0.6 is 11.8 Å². The van der Waals surface area contributed by atoms with E-state index >= 15 is 0 Å². The van der Waals surface area contributed by atoms with E-state index in [4.69, 9.17) is 9.73 Å². The maximum Gasteiger partial charge on any atom is 0.193 e. The van der Waals surface area contributed by atoms with Crippen molar-refractivity contribution < 1.29 is 4.74 Å². The number of nitrogens with zero attached hydrogens (tertiary/aromatic N) is 2. The van der Waals surface area contributed by atoms with Gasteiger partial charge in [0.1, 0.15) is 0 Å². The quantitative estimate of drug-likeness (QED) is 0.337. The largest absolute Gasteiger partial charge is 0.381 e. The molecule has 1 saturated heterocycles. The first kappa shape index (κ1) is 19.1. The van der Waals surface area contributed by atoms with Crippen LogP contribution in [0.25, 0.3) is 0 Å². The summed E-state index contributed by atoms with van der Waals surface area (Å²) < 4.78 is 5.44. The third-order valence-corrected chi connectivity index (χ3v) is 5.27. The third-order valence-electron chi connectivity index (χ3n) is 4.27. The highest BCUT2D eigenvalue weighted by molar-refractivity contribution is 7.99. The molecule has 0 aliphatic carbocycles. The highest BCUT2D eigenvalue weighted by atomic mass is 32.2. The van der Waals surface area contributed by atoms with Gasteiger partial charge in [0.05, 0.1) is 6.54 Å². The second-order valence-corrected chi connectivity index (χ2v) is 7.33. The van der Waals surface area contributed by atoms with Crippen molar-refractivity contribution in [3.63, 3.8) is 0 Å². The van der Waals surface area contributed by atoms with Gasteiger partial charge in [0, 0.05) is 44.0 Å². The Balaban J connectivity index is 1.73. The maximum absolute atomic E-state index is 5.44. The number of benzene rings is 1. The Kier molecular flexibility index (Phi) is 9.06. The summed E-state index contributed by atoms with van der Waals surface area (Å²) in [6.45, 7) is 6.79. The van der Waals surface area contributed by atoms with Crippen LogP contribution in [-0.2, 0) is 4.74 Å². The van der Waals surface area contributed by atoms with E-state index < -0.39 is 0 Å². The molecule has 1 aromatic carbocycles. The minimum Gasteiger partial charge on any atom is -0.381 e. The fraction of sp³-hybridized carbons (Fsp3) is 0.632. The Morgan fingerprint density at radius 2 is 2.04 bits per heavy atom. The molecule has 1 heterocycles. The first-order valence-electron chi connectivity index (χ1n) is 9.04. The maximum atomic E-state index is 5.44. The fourth-order valence-electron chi connectivity index (χ4n) is 2.82. The van der Waals surface area contributed by atoms with Gasteiger partial charge in [-0.3, -0.25) is 4.99 Å². The van der Waals surface area contributed by atoms with Gasteiger partial charge < -0.3 is 15.0 Å². The second kappa shape index (κ2) is 11.4. The predicted octanol–water partition coefficient (Wildman–Crippen LogP) is 3.49. The van der Waals surface area contributed by atoms with Crippen molar-refractivity contribution in [1.82, 2.24) is 10.2 Å². The number of hydrogen-bond acceptors (Lipinski definition) is 3. The molecular formula is C19H31N3OS. The molecule has 24 heavy (non-hydrogen) atoms. The van der Waals surface area contributed by atoms with Gasteiger partial charge in [0.15, 0.2) is 5.96 Å². The van der Waals surface area contributed by atoms with E-state index in [-0.39, 0.29) is 0 Å². The number of aliphatic imine (C=N–C) groups is 1. The molecule has 1 aliphatic rings. The van der Waals surface area contributed by atoms with Gasteiger partial charge in [-0.25, -0.2) is 0 Å². The van der Waals surface area contributed by atoms with Gasteiger partial charge >= 0.3 is 0 Å². The van der Waals surface area contributed by atoms with Gasteiger partial charge in [-0.1, -0.05) is 18.2 Å². The van der Waals surface area contributed by atoms with E-state index in [9.17, 15) is 0 Å². The third kappa shape index (κ3) is 7.14. The highest BCUT2D eigenvalue weighted by Crippen LogP contribution is 2.19. The Bertz CT molecular complexity index is 475. The Labute approximate surface area is 151 Å². The van der Waals surface area contributed by atoms with E-state index in [1.165, 1.54) is 24.2 Å². The summed E-state index contributed by atoms with van der Waals surface area (Å²) in [4.78, 5) is 8.36.